The zero-order chi connectivity index (χ0) is 13.9. The molecule has 0 heterocycles. The van der Waals surface area contributed by atoms with Crippen LogP contribution in [0.2, 0.25) is 5.02 Å². The first-order chi connectivity index (χ1) is 8.20. The lowest BCUT2D eigenvalue weighted by molar-refractivity contribution is 0.185. The lowest BCUT2D eigenvalue weighted by Crippen LogP contribution is -2.47. The van der Waals surface area contributed by atoms with E-state index >= 15 is 0 Å². The molecule has 18 heavy (non-hydrogen) atoms. The van der Waals surface area contributed by atoms with E-state index in [0.717, 1.165) is 5.56 Å². The SMILES string of the molecule is CC(c1ccc(Cl)cc1)N(C)C(=O)NC(C)(C)C. The molecule has 0 aliphatic heterocycles. The molecule has 1 aromatic carbocycles. The molecule has 0 saturated carbocycles. The van der Waals surface area contributed by atoms with Gasteiger partial charge in [0, 0.05) is 17.6 Å². The first kappa shape index (κ1) is 14.8. The van der Waals surface area contributed by atoms with Crippen molar-refractivity contribution in [1.82, 2.24) is 10.2 Å². The molecule has 2 amide bonds. The van der Waals surface area contributed by atoms with Gasteiger partial charge in [-0.3, -0.25) is 0 Å². The molecule has 0 fully saturated rings. The summed E-state index contributed by atoms with van der Waals surface area (Å²) >= 11 is 5.85. The third-order valence-corrected chi connectivity index (χ3v) is 2.99. The zero-order valence-electron chi connectivity index (χ0n) is 11.6. The van der Waals surface area contributed by atoms with Gasteiger partial charge >= 0.3 is 6.03 Å². The maximum absolute atomic E-state index is 12.0. The maximum Gasteiger partial charge on any atom is 0.318 e. The van der Waals surface area contributed by atoms with Crippen molar-refractivity contribution in [2.45, 2.75) is 39.3 Å². The number of hydrogen-bond donors (Lipinski definition) is 1. The number of rotatable bonds is 2. The quantitative estimate of drug-likeness (QED) is 0.868. The highest BCUT2D eigenvalue weighted by Crippen LogP contribution is 2.21. The first-order valence-corrected chi connectivity index (χ1v) is 6.39. The molecule has 100 valence electrons. The summed E-state index contributed by atoms with van der Waals surface area (Å²) in [5.74, 6) is 0. The Bertz CT molecular complexity index is 409. The van der Waals surface area contributed by atoms with Crippen LogP contribution in [0.1, 0.15) is 39.3 Å². The van der Waals surface area contributed by atoms with Crippen LogP contribution in [0, 0.1) is 0 Å². The molecule has 0 aromatic heterocycles. The predicted octanol–water partition coefficient (Wildman–Crippen LogP) is 3.84. The third kappa shape index (κ3) is 4.22. The van der Waals surface area contributed by atoms with Crippen molar-refractivity contribution in [3.63, 3.8) is 0 Å². The number of amides is 2. The molecule has 0 aliphatic rings. The van der Waals surface area contributed by atoms with Crippen LogP contribution in [-0.2, 0) is 0 Å². The Balaban J connectivity index is 2.74. The molecule has 1 N–H and O–H groups in total. The predicted molar refractivity (Wildman–Crippen MR) is 75.9 cm³/mol. The molecule has 0 radical (unpaired) electrons. The molecule has 1 unspecified atom stereocenters. The van der Waals surface area contributed by atoms with Crippen molar-refractivity contribution in [3.05, 3.63) is 34.9 Å². The second-order valence-corrected chi connectivity index (χ2v) is 5.96. The van der Waals surface area contributed by atoms with Gasteiger partial charge in [0.2, 0.25) is 0 Å². The maximum atomic E-state index is 12.0. The van der Waals surface area contributed by atoms with E-state index in [-0.39, 0.29) is 17.6 Å². The average molecular weight is 269 g/mol. The molecule has 1 rings (SSSR count). The van der Waals surface area contributed by atoms with Crippen LogP contribution in [0.15, 0.2) is 24.3 Å². The number of carbonyl (C=O) groups is 1. The Morgan fingerprint density at radius 2 is 1.78 bits per heavy atom. The van der Waals surface area contributed by atoms with Crippen LogP contribution in [0.4, 0.5) is 4.79 Å². The first-order valence-electron chi connectivity index (χ1n) is 6.01. The van der Waals surface area contributed by atoms with Crippen LogP contribution in [0.5, 0.6) is 0 Å². The summed E-state index contributed by atoms with van der Waals surface area (Å²) < 4.78 is 0. The number of carbonyl (C=O) groups excluding carboxylic acids is 1. The standard InChI is InChI=1S/C14H21ClN2O/c1-10(11-6-8-12(15)9-7-11)17(5)13(18)16-14(2,3)4/h6-10H,1-5H3,(H,16,18). The van der Waals surface area contributed by atoms with E-state index in [1.54, 1.807) is 11.9 Å². The van der Waals surface area contributed by atoms with Gasteiger partial charge in [-0.2, -0.15) is 0 Å². The van der Waals surface area contributed by atoms with Crippen molar-refractivity contribution in [3.8, 4) is 0 Å². The van der Waals surface area contributed by atoms with E-state index in [1.165, 1.54) is 0 Å². The minimum atomic E-state index is -0.231. The lowest BCUT2D eigenvalue weighted by Gasteiger charge is -2.30. The van der Waals surface area contributed by atoms with Crippen LogP contribution >= 0.6 is 11.6 Å². The van der Waals surface area contributed by atoms with Crippen LogP contribution in [-0.4, -0.2) is 23.5 Å². The molecule has 0 bridgehead atoms. The summed E-state index contributed by atoms with van der Waals surface area (Å²) in [5, 5.41) is 3.64. The molecule has 0 saturated heterocycles. The van der Waals surface area contributed by atoms with Gasteiger partial charge in [-0.1, -0.05) is 23.7 Å². The van der Waals surface area contributed by atoms with E-state index < -0.39 is 0 Å². The highest BCUT2D eigenvalue weighted by molar-refractivity contribution is 6.30. The fourth-order valence-corrected chi connectivity index (χ4v) is 1.68. The Morgan fingerprint density at radius 1 is 1.28 bits per heavy atom. The number of hydrogen-bond acceptors (Lipinski definition) is 1. The number of benzene rings is 1. The monoisotopic (exact) mass is 268 g/mol. The Morgan fingerprint density at radius 3 is 2.22 bits per heavy atom. The molecule has 3 nitrogen and oxygen atoms in total. The van der Waals surface area contributed by atoms with Gasteiger partial charge in [-0.25, -0.2) is 4.79 Å². The minimum Gasteiger partial charge on any atom is -0.333 e. The van der Waals surface area contributed by atoms with Crippen molar-refractivity contribution in [2.75, 3.05) is 7.05 Å². The minimum absolute atomic E-state index is 0.00427. The largest absolute Gasteiger partial charge is 0.333 e. The highest BCUT2D eigenvalue weighted by Gasteiger charge is 2.21. The van der Waals surface area contributed by atoms with Gasteiger partial charge < -0.3 is 10.2 Å². The summed E-state index contributed by atoms with van der Waals surface area (Å²) in [6.07, 6.45) is 0. The number of urea groups is 1. The van der Waals surface area contributed by atoms with Crippen molar-refractivity contribution < 1.29 is 4.79 Å². The van der Waals surface area contributed by atoms with Crippen LogP contribution in [0.25, 0.3) is 0 Å². The Labute approximate surface area is 114 Å². The van der Waals surface area contributed by atoms with Crippen LogP contribution < -0.4 is 5.32 Å². The molecule has 1 atom stereocenters. The smallest absolute Gasteiger partial charge is 0.318 e. The molecule has 1 aromatic rings. The fraction of sp³-hybridized carbons (Fsp3) is 0.500. The molecule has 0 spiro atoms. The highest BCUT2D eigenvalue weighted by atomic mass is 35.5. The number of nitrogens with one attached hydrogen (secondary N) is 1. The summed E-state index contributed by atoms with van der Waals surface area (Å²) in [6, 6.07) is 7.47. The van der Waals surface area contributed by atoms with Crippen molar-refractivity contribution >= 4 is 17.6 Å². The summed E-state index contributed by atoms with van der Waals surface area (Å²) in [6.45, 7) is 7.88. The second-order valence-electron chi connectivity index (χ2n) is 5.52. The van der Waals surface area contributed by atoms with Gasteiger partial charge in [-0.15, -0.1) is 0 Å². The number of halogens is 1. The van der Waals surface area contributed by atoms with Crippen molar-refractivity contribution in [2.24, 2.45) is 0 Å². The average Bonchev–Trinajstić information content (AvgIpc) is 2.26. The van der Waals surface area contributed by atoms with Gasteiger partial charge in [0.15, 0.2) is 0 Å². The van der Waals surface area contributed by atoms with Gasteiger partial charge in [0.25, 0.3) is 0 Å². The zero-order valence-corrected chi connectivity index (χ0v) is 12.4. The molecular weight excluding hydrogens is 248 g/mol. The van der Waals surface area contributed by atoms with E-state index in [9.17, 15) is 4.79 Å². The van der Waals surface area contributed by atoms with Gasteiger partial charge in [-0.05, 0) is 45.4 Å². The summed E-state index contributed by atoms with van der Waals surface area (Å²) in [5.41, 5.74) is 0.830. The summed E-state index contributed by atoms with van der Waals surface area (Å²) in [7, 11) is 1.79. The van der Waals surface area contributed by atoms with Crippen LogP contribution in [0.3, 0.4) is 0 Å². The van der Waals surface area contributed by atoms with E-state index in [4.69, 9.17) is 11.6 Å². The van der Waals surface area contributed by atoms with Crippen molar-refractivity contribution in [1.29, 1.82) is 0 Å². The van der Waals surface area contributed by atoms with E-state index in [1.807, 2.05) is 52.0 Å². The molecule has 4 heteroatoms. The number of nitrogens with zero attached hydrogens (tertiary/aromatic N) is 1. The Kier molecular flexibility index (Phi) is 4.63. The molecule has 0 aliphatic carbocycles. The van der Waals surface area contributed by atoms with E-state index in [0.29, 0.717) is 5.02 Å². The normalized spacial score (nSPS) is 13.0. The van der Waals surface area contributed by atoms with E-state index in [2.05, 4.69) is 5.32 Å². The molecular formula is C14H21ClN2O. The lowest BCUT2D eigenvalue weighted by atomic mass is 10.1. The second kappa shape index (κ2) is 5.61. The van der Waals surface area contributed by atoms with Gasteiger partial charge in [0.05, 0.1) is 6.04 Å². The topological polar surface area (TPSA) is 32.3 Å². The van der Waals surface area contributed by atoms with Gasteiger partial charge in [0.1, 0.15) is 0 Å². The summed E-state index contributed by atoms with van der Waals surface area (Å²) in [4.78, 5) is 13.7. The Hall–Kier alpha value is -1.22. The third-order valence-electron chi connectivity index (χ3n) is 2.74. The fourth-order valence-electron chi connectivity index (χ4n) is 1.55.